The third kappa shape index (κ3) is 2.94. The molecule has 3 aromatic rings. The molecule has 3 heterocycles. The fourth-order valence-corrected chi connectivity index (χ4v) is 4.59. The molecule has 5 rings (SSSR count). The highest BCUT2D eigenvalue weighted by atomic mass is 16.6. The van der Waals surface area contributed by atoms with E-state index in [1.807, 2.05) is 60.1 Å². The fourth-order valence-electron chi connectivity index (χ4n) is 4.59. The van der Waals surface area contributed by atoms with E-state index in [-0.39, 0.29) is 5.92 Å². The second-order valence-corrected chi connectivity index (χ2v) is 7.97. The van der Waals surface area contributed by atoms with Crippen LogP contribution >= 0.6 is 0 Å². The molecule has 1 fully saturated rings. The molecule has 1 N–H and O–H groups in total. The van der Waals surface area contributed by atoms with Crippen molar-refractivity contribution in [3.63, 3.8) is 0 Å². The summed E-state index contributed by atoms with van der Waals surface area (Å²) in [5, 5.41) is 11.6. The van der Waals surface area contributed by atoms with Crippen LogP contribution in [0.15, 0.2) is 48.8 Å². The first-order valence-corrected chi connectivity index (χ1v) is 10.2. The smallest absolute Gasteiger partial charge is 0.180 e. The Morgan fingerprint density at radius 3 is 2.72 bits per heavy atom. The highest BCUT2D eigenvalue weighted by Gasteiger charge is 2.59. The lowest BCUT2D eigenvalue weighted by atomic mass is 9.77. The van der Waals surface area contributed by atoms with Crippen molar-refractivity contribution in [1.29, 1.82) is 0 Å². The molecule has 3 atom stereocenters. The van der Waals surface area contributed by atoms with Gasteiger partial charge in [0.1, 0.15) is 11.7 Å². The van der Waals surface area contributed by atoms with Gasteiger partial charge in [-0.05, 0) is 37.3 Å². The average Bonchev–Trinajstić information content (AvgIpc) is 3.51. The second-order valence-electron chi connectivity index (χ2n) is 7.97. The van der Waals surface area contributed by atoms with Gasteiger partial charge in [0, 0.05) is 25.1 Å². The van der Waals surface area contributed by atoms with E-state index in [2.05, 4.69) is 0 Å². The Morgan fingerprint density at radius 1 is 1.21 bits per heavy atom. The van der Waals surface area contributed by atoms with Crippen molar-refractivity contribution in [2.75, 3.05) is 20.3 Å². The highest BCUT2D eigenvalue weighted by molar-refractivity contribution is 5.62. The van der Waals surface area contributed by atoms with Crippen molar-refractivity contribution in [2.24, 2.45) is 5.92 Å². The third-order valence-corrected chi connectivity index (χ3v) is 6.03. The Morgan fingerprint density at radius 2 is 2.00 bits per heavy atom. The number of methoxy groups -OCH3 is 1. The predicted octanol–water partition coefficient (Wildman–Crippen LogP) is 3.41. The summed E-state index contributed by atoms with van der Waals surface area (Å²) in [6, 6.07) is 11.9. The maximum Gasteiger partial charge on any atom is 0.180 e. The summed E-state index contributed by atoms with van der Waals surface area (Å²) in [4.78, 5) is 4.70. The minimum absolute atomic E-state index is 0.238. The number of nitrogens with zero attached hydrogens (tertiary/aromatic N) is 2. The van der Waals surface area contributed by atoms with Crippen LogP contribution < -0.4 is 4.74 Å². The van der Waals surface area contributed by atoms with E-state index >= 15 is 0 Å². The van der Waals surface area contributed by atoms with Gasteiger partial charge in [-0.2, -0.15) is 0 Å². The lowest BCUT2D eigenvalue weighted by Gasteiger charge is -2.46. The first-order valence-electron chi connectivity index (χ1n) is 10.2. The van der Waals surface area contributed by atoms with Gasteiger partial charge in [-0.1, -0.05) is 30.3 Å². The van der Waals surface area contributed by atoms with Crippen LogP contribution in [0.5, 0.6) is 5.75 Å². The molecule has 0 bridgehead atoms. The molecule has 1 aliphatic carbocycles. The molecule has 2 unspecified atom stereocenters. The molecule has 0 radical (unpaired) electrons. The number of rotatable bonds is 6. The van der Waals surface area contributed by atoms with Crippen molar-refractivity contribution < 1.29 is 19.3 Å². The summed E-state index contributed by atoms with van der Waals surface area (Å²) < 4.78 is 20.1. The van der Waals surface area contributed by atoms with Gasteiger partial charge >= 0.3 is 0 Å². The second kappa shape index (κ2) is 7.13. The number of pyridine rings is 1. The van der Waals surface area contributed by atoms with Gasteiger partial charge in [-0.3, -0.25) is 0 Å². The quantitative estimate of drug-likeness (QED) is 0.649. The van der Waals surface area contributed by atoms with E-state index < -0.39 is 17.8 Å². The number of aliphatic hydroxyl groups is 1. The molecule has 152 valence electrons. The van der Waals surface area contributed by atoms with Crippen molar-refractivity contribution in [3.8, 4) is 5.75 Å². The summed E-state index contributed by atoms with van der Waals surface area (Å²) in [5.74, 6) is 0.936. The zero-order valence-corrected chi connectivity index (χ0v) is 16.7. The fraction of sp³-hybridized carbons (Fsp3) is 0.435. The van der Waals surface area contributed by atoms with E-state index in [9.17, 15) is 5.11 Å². The van der Waals surface area contributed by atoms with E-state index in [0.29, 0.717) is 19.0 Å². The first kappa shape index (κ1) is 18.6. The summed E-state index contributed by atoms with van der Waals surface area (Å²) in [6.07, 6.45) is 4.62. The van der Waals surface area contributed by atoms with Crippen molar-refractivity contribution >= 4 is 5.65 Å². The molecule has 1 saturated carbocycles. The topological polar surface area (TPSA) is 65.2 Å². The molecule has 1 aromatic carbocycles. The number of imidazole rings is 1. The number of aryl methyl sites for hydroxylation is 1. The van der Waals surface area contributed by atoms with E-state index in [1.54, 1.807) is 7.11 Å². The Bertz CT molecular complexity index is 1010. The van der Waals surface area contributed by atoms with E-state index in [1.165, 1.54) is 0 Å². The van der Waals surface area contributed by atoms with Gasteiger partial charge in [0.2, 0.25) is 0 Å². The van der Waals surface area contributed by atoms with Gasteiger partial charge in [-0.25, -0.2) is 4.98 Å². The maximum absolute atomic E-state index is 11.6. The third-order valence-electron chi connectivity index (χ3n) is 6.03. The van der Waals surface area contributed by atoms with Crippen LogP contribution in [-0.2, 0) is 15.1 Å². The van der Waals surface area contributed by atoms with Gasteiger partial charge < -0.3 is 23.7 Å². The SMILES string of the molecule is COCCOC1(C2CC2)c2ccn3cc(C)nc3c2O[C@H](c2ccccc2)C1O. The molecule has 0 spiro atoms. The number of ether oxygens (including phenoxy) is 3. The summed E-state index contributed by atoms with van der Waals surface area (Å²) in [6.45, 7) is 2.84. The molecule has 0 amide bonds. The number of aromatic nitrogens is 2. The van der Waals surface area contributed by atoms with Crippen molar-refractivity contribution in [1.82, 2.24) is 9.38 Å². The maximum atomic E-state index is 11.6. The Balaban J connectivity index is 1.71. The van der Waals surface area contributed by atoms with Crippen molar-refractivity contribution in [3.05, 3.63) is 65.6 Å². The zero-order valence-electron chi connectivity index (χ0n) is 16.7. The molecule has 29 heavy (non-hydrogen) atoms. The average molecular weight is 394 g/mol. The molecular formula is C23H26N2O4. The van der Waals surface area contributed by atoms with Crippen LogP contribution in [0.4, 0.5) is 0 Å². The molecular weight excluding hydrogens is 368 g/mol. The molecule has 2 aromatic heterocycles. The van der Waals surface area contributed by atoms with Gasteiger partial charge in [0.15, 0.2) is 17.5 Å². The van der Waals surface area contributed by atoms with Crippen LogP contribution in [0.3, 0.4) is 0 Å². The van der Waals surface area contributed by atoms with Crippen LogP contribution in [0.25, 0.3) is 5.65 Å². The van der Waals surface area contributed by atoms with Gasteiger partial charge in [-0.15, -0.1) is 0 Å². The van der Waals surface area contributed by atoms with Gasteiger partial charge in [0.25, 0.3) is 0 Å². The van der Waals surface area contributed by atoms with Crippen molar-refractivity contribution in [2.45, 2.75) is 37.6 Å². The number of benzene rings is 1. The minimum Gasteiger partial charge on any atom is -0.479 e. The molecule has 6 heteroatoms. The Labute approximate surface area is 170 Å². The number of fused-ring (bicyclic) bond motifs is 3. The number of aliphatic hydroxyl groups excluding tert-OH is 1. The van der Waals surface area contributed by atoms with Gasteiger partial charge in [0.05, 0.1) is 18.9 Å². The zero-order chi connectivity index (χ0) is 20.0. The monoisotopic (exact) mass is 394 g/mol. The van der Waals surface area contributed by atoms with Crippen LogP contribution in [0.1, 0.15) is 35.8 Å². The molecule has 1 aliphatic heterocycles. The Kier molecular flexibility index (Phi) is 4.57. The lowest BCUT2D eigenvalue weighted by Crippen LogP contribution is -2.52. The first-order chi connectivity index (χ1) is 14.1. The van der Waals surface area contributed by atoms with Crippen LogP contribution in [0.2, 0.25) is 0 Å². The number of hydrogen-bond acceptors (Lipinski definition) is 5. The van der Waals surface area contributed by atoms with E-state index in [0.717, 1.165) is 35.3 Å². The predicted molar refractivity (Wildman–Crippen MR) is 108 cm³/mol. The minimum atomic E-state index is -0.839. The molecule has 6 nitrogen and oxygen atoms in total. The van der Waals surface area contributed by atoms with Crippen LogP contribution in [0, 0.1) is 12.8 Å². The standard InChI is InChI=1S/C23H26N2O4/c1-15-14-25-11-10-18-20(22(25)24-15)29-19(16-6-4-3-5-7-16)21(26)23(18,17-8-9-17)28-13-12-27-2/h3-7,10-11,14,17,19,21,26H,8-9,12-13H2,1-2H3/t19-,21?,23?/m1/s1. The number of hydrogen-bond donors (Lipinski definition) is 1. The Hall–Kier alpha value is -2.41. The van der Waals surface area contributed by atoms with E-state index in [4.69, 9.17) is 19.2 Å². The molecule has 0 saturated heterocycles. The van der Waals surface area contributed by atoms with Crippen LogP contribution in [-0.4, -0.2) is 40.9 Å². The lowest BCUT2D eigenvalue weighted by molar-refractivity contribution is -0.192. The summed E-state index contributed by atoms with van der Waals surface area (Å²) >= 11 is 0. The summed E-state index contributed by atoms with van der Waals surface area (Å²) in [5.41, 5.74) is 2.65. The largest absolute Gasteiger partial charge is 0.479 e. The highest BCUT2D eigenvalue weighted by Crippen LogP contribution is 2.58. The normalized spacial score (nSPS) is 26.3. The molecule has 2 aliphatic rings. The summed E-state index contributed by atoms with van der Waals surface area (Å²) in [7, 11) is 1.66.